The molecule has 1 aliphatic rings. The van der Waals surface area contributed by atoms with E-state index in [9.17, 15) is 0 Å². The number of fused-ring (bicyclic) bond motifs is 1. The van der Waals surface area contributed by atoms with Crippen molar-refractivity contribution in [2.45, 2.75) is 43.7 Å². The fourth-order valence-corrected chi connectivity index (χ4v) is 6.23. The Hall–Kier alpha value is -4.64. The maximum atomic E-state index is 6.66. The Balaban J connectivity index is 1.58. The van der Waals surface area contributed by atoms with Gasteiger partial charge in [0.25, 0.3) is 0 Å². The largest absolute Gasteiger partial charge is 0.474 e. The van der Waals surface area contributed by atoms with Crippen LogP contribution in [-0.4, -0.2) is 20.9 Å². The highest BCUT2D eigenvalue weighted by atomic mass is 16.5. The van der Waals surface area contributed by atoms with Crippen LogP contribution in [0.2, 0.25) is 0 Å². The molecule has 0 unspecified atom stereocenters. The molecule has 1 saturated carbocycles. The number of ether oxygens (including phenoxy) is 1. The zero-order valence-electron chi connectivity index (χ0n) is 22.3. The molecule has 0 bridgehead atoms. The summed E-state index contributed by atoms with van der Waals surface area (Å²) in [6.07, 6.45) is 11.2. The zero-order valence-corrected chi connectivity index (χ0v) is 22.3. The molecule has 3 heterocycles. The van der Waals surface area contributed by atoms with Crippen LogP contribution in [0.1, 0.15) is 48.8 Å². The van der Waals surface area contributed by atoms with Crippen molar-refractivity contribution in [3.63, 3.8) is 0 Å². The molecule has 0 aliphatic heterocycles. The first-order valence-corrected chi connectivity index (χ1v) is 14.1. The molecule has 7 rings (SSSR count). The number of hydrogen-bond acceptors (Lipinski definition) is 4. The van der Waals surface area contributed by atoms with Crippen molar-refractivity contribution in [2.75, 3.05) is 0 Å². The Labute approximate surface area is 234 Å². The summed E-state index contributed by atoms with van der Waals surface area (Å²) in [6.45, 7) is 0. The number of pyridine rings is 1. The molecule has 0 radical (unpaired) electrons. The van der Waals surface area contributed by atoms with Crippen LogP contribution in [0.25, 0.3) is 22.2 Å². The number of furan rings is 1. The second-order valence-electron chi connectivity index (χ2n) is 10.5. The Morgan fingerprint density at radius 1 is 0.725 bits per heavy atom. The van der Waals surface area contributed by atoms with Gasteiger partial charge in [0, 0.05) is 11.8 Å². The maximum absolute atomic E-state index is 6.66. The van der Waals surface area contributed by atoms with E-state index in [1.807, 2.05) is 12.3 Å². The molecule has 5 heteroatoms. The van der Waals surface area contributed by atoms with Crippen molar-refractivity contribution in [3.8, 4) is 17.1 Å². The fraction of sp³-hybridized carbons (Fsp3) is 0.200. The molecule has 1 aliphatic carbocycles. The van der Waals surface area contributed by atoms with Crippen molar-refractivity contribution in [3.05, 3.63) is 139 Å². The molecule has 6 aromatic rings. The number of hydrogen-bond donors (Lipinski definition) is 0. The first-order chi connectivity index (χ1) is 19.9. The number of benzene rings is 3. The van der Waals surface area contributed by atoms with Crippen LogP contribution in [0, 0.1) is 0 Å². The average molecular weight is 526 g/mol. The minimum atomic E-state index is -0.756. The van der Waals surface area contributed by atoms with Crippen LogP contribution in [0.3, 0.4) is 0 Å². The highest BCUT2D eigenvalue weighted by Gasteiger charge is 2.41. The molecular formula is C35H31N3O2. The summed E-state index contributed by atoms with van der Waals surface area (Å²) in [7, 11) is 0. The monoisotopic (exact) mass is 525 g/mol. The standard InChI is InChI=1S/C35H31N3O2/c1-5-13-27(14-6-1)35(28-15-7-2-8-16-28,29-17-9-3-10-18-29)38-31-21-23-36-34(40-30-19-11-4-12-20-30)32(31)33(37-38)26-22-24-39-25-26/h1-3,5-10,13-18,21-25,30H,4,11-12,19-20H2. The van der Waals surface area contributed by atoms with Gasteiger partial charge < -0.3 is 9.15 Å². The van der Waals surface area contributed by atoms with Gasteiger partial charge in [-0.05, 0) is 54.5 Å². The summed E-state index contributed by atoms with van der Waals surface area (Å²) in [4.78, 5) is 4.78. The topological polar surface area (TPSA) is 53.1 Å². The van der Waals surface area contributed by atoms with E-state index >= 15 is 0 Å². The van der Waals surface area contributed by atoms with Gasteiger partial charge in [-0.25, -0.2) is 9.67 Å². The smallest absolute Gasteiger partial charge is 0.225 e. The second kappa shape index (κ2) is 10.5. The van der Waals surface area contributed by atoms with E-state index in [4.69, 9.17) is 19.2 Å². The van der Waals surface area contributed by atoms with Gasteiger partial charge in [0.2, 0.25) is 5.88 Å². The minimum absolute atomic E-state index is 0.162. The van der Waals surface area contributed by atoms with Crippen molar-refractivity contribution < 1.29 is 9.15 Å². The lowest BCUT2D eigenvalue weighted by Gasteiger charge is -2.37. The van der Waals surface area contributed by atoms with E-state index in [1.54, 1.807) is 12.5 Å². The van der Waals surface area contributed by atoms with E-state index < -0.39 is 5.54 Å². The van der Waals surface area contributed by atoms with Crippen molar-refractivity contribution in [1.29, 1.82) is 0 Å². The van der Waals surface area contributed by atoms with Gasteiger partial charge in [-0.2, -0.15) is 5.10 Å². The van der Waals surface area contributed by atoms with E-state index in [0.717, 1.165) is 51.7 Å². The summed E-state index contributed by atoms with van der Waals surface area (Å²) in [6, 6.07) is 35.9. The summed E-state index contributed by atoms with van der Waals surface area (Å²) in [5.41, 5.74) is 5.23. The summed E-state index contributed by atoms with van der Waals surface area (Å²) < 4.78 is 14.4. The summed E-state index contributed by atoms with van der Waals surface area (Å²) >= 11 is 0. The third-order valence-corrected chi connectivity index (χ3v) is 8.08. The third-order valence-electron chi connectivity index (χ3n) is 8.08. The van der Waals surface area contributed by atoms with Crippen LogP contribution < -0.4 is 4.74 Å². The maximum Gasteiger partial charge on any atom is 0.225 e. The van der Waals surface area contributed by atoms with E-state index in [1.165, 1.54) is 19.3 Å². The Morgan fingerprint density at radius 3 is 1.88 bits per heavy atom. The van der Waals surface area contributed by atoms with Crippen LogP contribution in [0.5, 0.6) is 5.88 Å². The molecule has 198 valence electrons. The van der Waals surface area contributed by atoms with Crippen LogP contribution >= 0.6 is 0 Å². The summed E-state index contributed by atoms with van der Waals surface area (Å²) in [5.74, 6) is 0.634. The van der Waals surface area contributed by atoms with E-state index in [2.05, 4.69) is 102 Å². The predicted octanol–water partition coefficient (Wildman–Crippen LogP) is 8.24. The van der Waals surface area contributed by atoms with E-state index in [-0.39, 0.29) is 6.10 Å². The Morgan fingerprint density at radius 2 is 1.32 bits per heavy atom. The van der Waals surface area contributed by atoms with Crippen molar-refractivity contribution >= 4 is 10.9 Å². The number of rotatable bonds is 7. The van der Waals surface area contributed by atoms with Gasteiger partial charge in [-0.3, -0.25) is 0 Å². The molecule has 0 amide bonds. The zero-order chi connectivity index (χ0) is 26.8. The van der Waals surface area contributed by atoms with Crippen LogP contribution in [0.15, 0.2) is 126 Å². The predicted molar refractivity (Wildman–Crippen MR) is 157 cm³/mol. The second-order valence-corrected chi connectivity index (χ2v) is 10.5. The van der Waals surface area contributed by atoms with Gasteiger partial charge in [0.15, 0.2) is 0 Å². The molecular weight excluding hydrogens is 494 g/mol. The highest BCUT2D eigenvalue weighted by molar-refractivity contribution is 5.97. The first-order valence-electron chi connectivity index (χ1n) is 14.1. The quantitative estimate of drug-likeness (QED) is 0.197. The molecule has 5 nitrogen and oxygen atoms in total. The molecule has 0 N–H and O–H groups in total. The molecule has 0 saturated heterocycles. The summed E-state index contributed by atoms with van der Waals surface area (Å²) in [5, 5.41) is 6.33. The third kappa shape index (κ3) is 4.10. The minimum Gasteiger partial charge on any atom is -0.474 e. The molecule has 0 atom stereocenters. The lowest BCUT2D eigenvalue weighted by molar-refractivity contribution is 0.151. The van der Waals surface area contributed by atoms with Gasteiger partial charge in [0.05, 0.1) is 23.4 Å². The van der Waals surface area contributed by atoms with Crippen molar-refractivity contribution in [1.82, 2.24) is 14.8 Å². The number of aromatic nitrogens is 3. The van der Waals surface area contributed by atoms with Crippen molar-refractivity contribution in [2.24, 2.45) is 0 Å². The highest BCUT2D eigenvalue weighted by Crippen LogP contribution is 2.45. The van der Waals surface area contributed by atoms with Gasteiger partial charge in [-0.15, -0.1) is 0 Å². The van der Waals surface area contributed by atoms with Gasteiger partial charge >= 0.3 is 0 Å². The SMILES string of the molecule is c1ccc(C(c2ccccc2)(c2ccccc2)n2nc(-c3ccoc3)c3c(OC4CCCCC4)nccc32)cc1. The molecule has 0 spiro atoms. The lowest BCUT2D eigenvalue weighted by Crippen LogP contribution is -2.38. The molecule has 40 heavy (non-hydrogen) atoms. The van der Waals surface area contributed by atoms with Gasteiger partial charge in [0.1, 0.15) is 17.3 Å². The normalized spacial score (nSPS) is 14.4. The van der Waals surface area contributed by atoms with Crippen LogP contribution in [-0.2, 0) is 5.54 Å². The van der Waals surface area contributed by atoms with E-state index in [0.29, 0.717) is 5.88 Å². The van der Waals surface area contributed by atoms with Gasteiger partial charge in [-0.1, -0.05) is 97.4 Å². The first kappa shape index (κ1) is 24.4. The Kier molecular flexibility index (Phi) is 6.40. The fourth-order valence-electron chi connectivity index (χ4n) is 6.23. The average Bonchev–Trinajstić information content (AvgIpc) is 3.70. The Bertz CT molecular complexity index is 1590. The molecule has 1 fully saturated rings. The number of nitrogens with zero attached hydrogens (tertiary/aromatic N) is 3. The molecule has 3 aromatic carbocycles. The lowest BCUT2D eigenvalue weighted by atomic mass is 9.77. The molecule has 3 aromatic heterocycles. The van der Waals surface area contributed by atoms with Crippen LogP contribution in [0.4, 0.5) is 0 Å².